The van der Waals surface area contributed by atoms with Crippen molar-refractivity contribution in [2.24, 2.45) is 5.92 Å². The number of aryl methyl sites for hydroxylation is 1. The predicted molar refractivity (Wildman–Crippen MR) is 137 cm³/mol. The molecule has 0 aliphatic carbocycles. The van der Waals surface area contributed by atoms with Crippen LogP contribution in [0.5, 0.6) is 11.5 Å². The summed E-state index contributed by atoms with van der Waals surface area (Å²) in [6, 6.07) is 13.9. The molecule has 1 unspecified atom stereocenters. The largest absolute Gasteiger partial charge is 0.493 e. The van der Waals surface area contributed by atoms with Gasteiger partial charge in [0.2, 0.25) is 5.91 Å². The number of aromatic nitrogens is 2. The van der Waals surface area contributed by atoms with E-state index in [4.69, 9.17) is 14.5 Å². The van der Waals surface area contributed by atoms with E-state index < -0.39 is 0 Å². The minimum atomic E-state index is -0.182. The molecule has 2 aromatic carbocycles. The summed E-state index contributed by atoms with van der Waals surface area (Å²) in [5.74, 6) is 2.45. The molecule has 0 radical (unpaired) electrons. The normalized spacial score (nSPS) is 12.0. The third-order valence-corrected chi connectivity index (χ3v) is 6.18. The maximum absolute atomic E-state index is 12.7. The number of amides is 1. The van der Waals surface area contributed by atoms with Crippen LogP contribution in [0.3, 0.4) is 0 Å². The Hall–Kier alpha value is -3.28. The van der Waals surface area contributed by atoms with E-state index in [-0.39, 0.29) is 17.9 Å². The maximum Gasteiger partial charge on any atom is 0.223 e. The smallest absolute Gasteiger partial charge is 0.223 e. The van der Waals surface area contributed by atoms with Crippen LogP contribution in [0, 0.1) is 5.92 Å². The van der Waals surface area contributed by atoms with Crippen molar-refractivity contribution in [3.05, 3.63) is 66.5 Å². The van der Waals surface area contributed by atoms with Gasteiger partial charge in [0.1, 0.15) is 5.82 Å². The Bertz CT molecular complexity index is 1100. The molecule has 0 bridgehead atoms. The van der Waals surface area contributed by atoms with Gasteiger partial charge in [0.15, 0.2) is 11.5 Å². The van der Waals surface area contributed by atoms with Crippen molar-refractivity contribution in [1.29, 1.82) is 0 Å². The lowest BCUT2D eigenvalue weighted by molar-refractivity contribution is -0.125. The first-order valence-corrected chi connectivity index (χ1v) is 12.2. The summed E-state index contributed by atoms with van der Waals surface area (Å²) in [4.78, 5) is 17.5. The number of hydrogen-bond acceptors (Lipinski definition) is 4. The highest BCUT2D eigenvalue weighted by molar-refractivity contribution is 5.79. The van der Waals surface area contributed by atoms with Crippen molar-refractivity contribution in [3.8, 4) is 11.5 Å². The molecular weight excluding hydrogens is 426 g/mol. The highest BCUT2D eigenvalue weighted by atomic mass is 16.5. The molecule has 1 amide bonds. The minimum absolute atomic E-state index is 0.0292. The Morgan fingerprint density at radius 3 is 2.65 bits per heavy atom. The van der Waals surface area contributed by atoms with Gasteiger partial charge in [-0.2, -0.15) is 0 Å². The van der Waals surface area contributed by atoms with Crippen LogP contribution in [0.1, 0.15) is 57.5 Å². The van der Waals surface area contributed by atoms with Gasteiger partial charge in [0.25, 0.3) is 0 Å². The molecule has 0 fully saturated rings. The second-order valence-corrected chi connectivity index (χ2v) is 8.53. The van der Waals surface area contributed by atoms with Gasteiger partial charge >= 0.3 is 0 Å². The van der Waals surface area contributed by atoms with E-state index in [0.29, 0.717) is 6.61 Å². The average Bonchev–Trinajstić information content (AvgIpc) is 3.22. The number of ether oxygens (including phenoxy) is 2. The quantitative estimate of drug-likeness (QED) is 0.255. The lowest BCUT2D eigenvalue weighted by Gasteiger charge is -2.19. The molecule has 3 aromatic rings. The summed E-state index contributed by atoms with van der Waals surface area (Å²) < 4.78 is 13.7. The van der Waals surface area contributed by atoms with Crippen LogP contribution in [0.2, 0.25) is 0 Å². The Labute approximate surface area is 203 Å². The molecule has 1 N–H and O–H groups in total. The molecule has 1 heterocycles. The second-order valence-electron chi connectivity index (χ2n) is 8.53. The molecule has 1 atom stereocenters. The molecule has 1 aromatic heterocycles. The number of benzene rings is 2. The molecule has 0 saturated heterocycles. The number of carbonyl (C=O) groups is 1. The molecule has 34 heavy (non-hydrogen) atoms. The summed E-state index contributed by atoms with van der Waals surface area (Å²) in [5, 5.41) is 3.17. The number of imidazole rings is 1. The van der Waals surface area contributed by atoms with Crippen molar-refractivity contribution >= 4 is 16.9 Å². The van der Waals surface area contributed by atoms with Crippen LogP contribution in [0.4, 0.5) is 0 Å². The first kappa shape index (κ1) is 25.3. The number of methoxy groups -OCH3 is 1. The minimum Gasteiger partial charge on any atom is -0.493 e. The van der Waals surface area contributed by atoms with Crippen LogP contribution in [0.15, 0.2) is 55.1 Å². The summed E-state index contributed by atoms with van der Waals surface area (Å²) in [7, 11) is 1.65. The van der Waals surface area contributed by atoms with Crippen molar-refractivity contribution in [2.45, 2.75) is 59.0 Å². The van der Waals surface area contributed by atoms with E-state index in [2.05, 4.69) is 36.4 Å². The number of rotatable bonds is 13. The predicted octanol–water partition coefficient (Wildman–Crippen LogP) is 5.86. The summed E-state index contributed by atoms with van der Waals surface area (Å²) >= 11 is 0. The van der Waals surface area contributed by atoms with E-state index in [1.54, 1.807) is 7.11 Å². The van der Waals surface area contributed by atoms with Gasteiger partial charge in [-0.05, 0) is 62.4 Å². The topological polar surface area (TPSA) is 65.4 Å². The van der Waals surface area contributed by atoms with Gasteiger partial charge in [0, 0.05) is 12.5 Å². The fourth-order valence-electron chi connectivity index (χ4n) is 4.24. The molecule has 0 spiro atoms. The lowest BCUT2D eigenvalue weighted by atomic mass is 10.0. The van der Waals surface area contributed by atoms with Crippen LogP contribution >= 0.6 is 0 Å². The summed E-state index contributed by atoms with van der Waals surface area (Å²) in [5.41, 5.74) is 3.13. The monoisotopic (exact) mass is 463 g/mol. The van der Waals surface area contributed by atoms with Gasteiger partial charge in [-0.1, -0.05) is 38.1 Å². The molecular formula is C28H37N3O3. The highest BCUT2D eigenvalue weighted by Crippen LogP contribution is 2.29. The molecule has 0 aliphatic rings. The number of fused-ring (bicyclic) bond motifs is 1. The van der Waals surface area contributed by atoms with Gasteiger partial charge in [-0.15, -0.1) is 6.58 Å². The Morgan fingerprint density at radius 2 is 1.94 bits per heavy atom. The van der Waals surface area contributed by atoms with E-state index >= 15 is 0 Å². The van der Waals surface area contributed by atoms with Crippen LogP contribution < -0.4 is 14.8 Å². The van der Waals surface area contributed by atoms with Gasteiger partial charge in [0.05, 0.1) is 30.8 Å². The molecule has 0 saturated carbocycles. The molecule has 3 rings (SSSR count). The SMILES string of the molecule is C=CCc1ccc(OCCCn2c(C(C)NC(=O)C(CC)CC)nc3ccccc32)c(OC)c1. The maximum atomic E-state index is 12.7. The number of allylic oxidation sites excluding steroid dienone is 1. The Morgan fingerprint density at radius 1 is 1.18 bits per heavy atom. The fraction of sp³-hybridized carbons (Fsp3) is 0.429. The Kier molecular flexibility index (Phi) is 9.14. The summed E-state index contributed by atoms with van der Waals surface area (Å²) in [6.07, 6.45) is 5.12. The number of para-hydroxylation sites is 2. The third kappa shape index (κ3) is 5.99. The lowest BCUT2D eigenvalue weighted by Crippen LogP contribution is -2.33. The Balaban J connectivity index is 1.71. The van der Waals surface area contributed by atoms with E-state index in [0.717, 1.165) is 66.1 Å². The molecule has 182 valence electrons. The number of carbonyl (C=O) groups excluding carboxylic acids is 1. The van der Waals surface area contributed by atoms with Crippen LogP contribution in [0.25, 0.3) is 11.0 Å². The standard InChI is InChI=1S/C28H37N3O3/c1-6-12-21-15-16-25(26(19-21)33-5)34-18-11-17-31-24-14-10-9-13-23(24)30-27(31)20(4)29-28(32)22(7-2)8-3/h6,9-10,13-16,19-20,22H,1,7-8,11-12,17-18H2,2-5H3,(H,29,32). The first-order valence-electron chi connectivity index (χ1n) is 12.2. The second kappa shape index (κ2) is 12.3. The summed E-state index contributed by atoms with van der Waals surface area (Å²) in [6.45, 7) is 11.2. The molecule has 0 aliphatic heterocycles. The molecule has 6 nitrogen and oxygen atoms in total. The van der Waals surface area contributed by atoms with Gasteiger partial charge in [-0.3, -0.25) is 4.79 Å². The average molecular weight is 464 g/mol. The van der Waals surface area contributed by atoms with Crippen molar-refractivity contribution in [1.82, 2.24) is 14.9 Å². The first-order chi connectivity index (χ1) is 16.5. The zero-order chi connectivity index (χ0) is 24.5. The van der Waals surface area contributed by atoms with Gasteiger partial charge in [-0.25, -0.2) is 4.98 Å². The number of nitrogens with zero attached hydrogens (tertiary/aromatic N) is 2. The molecule has 6 heteroatoms. The van der Waals surface area contributed by atoms with Gasteiger partial charge < -0.3 is 19.4 Å². The zero-order valence-corrected chi connectivity index (χ0v) is 20.8. The zero-order valence-electron chi connectivity index (χ0n) is 20.8. The van der Waals surface area contributed by atoms with Crippen molar-refractivity contribution in [2.75, 3.05) is 13.7 Å². The van der Waals surface area contributed by atoms with Crippen molar-refractivity contribution < 1.29 is 14.3 Å². The van der Waals surface area contributed by atoms with E-state index in [9.17, 15) is 4.79 Å². The van der Waals surface area contributed by atoms with Crippen LogP contribution in [-0.2, 0) is 17.8 Å². The van der Waals surface area contributed by atoms with Crippen molar-refractivity contribution in [3.63, 3.8) is 0 Å². The fourth-order valence-corrected chi connectivity index (χ4v) is 4.24. The van der Waals surface area contributed by atoms with Crippen LogP contribution in [-0.4, -0.2) is 29.2 Å². The van der Waals surface area contributed by atoms with E-state index in [1.807, 2.05) is 49.4 Å². The highest BCUT2D eigenvalue weighted by Gasteiger charge is 2.21. The third-order valence-electron chi connectivity index (χ3n) is 6.18. The van der Waals surface area contributed by atoms with E-state index in [1.165, 1.54) is 0 Å². The number of hydrogen-bond donors (Lipinski definition) is 1. The number of nitrogens with one attached hydrogen (secondary N) is 1.